The Kier molecular flexibility index (Phi) is 8.67. The molecular formula is C32H36O. The van der Waals surface area contributed by atoms with E-state index in [1.165, 1.54) is 47.6 Å². The fourth-order valence-electron chi connectivity index (χ4n) is 4.78. The molecule has 0 heterocycles. The Morgan fingerprint density at radius 3 is 2.61 bits per heavy atom. The number of ketones is 1. The Bertz CT molecular complexity index is 1170. The van der Waals surface area contributed by atoms with Crippen molar-refractivity contribution in [1.82, 2.24) is 0 Å². The molecule has 170 valence electrons. The average molecular weight is 437 g/mol. The van der Waals surface area contributed by atoms with Crippen molar-refractivity contribution in [3.8, 4) is 12.3 Å². The Morgan fingerprint density at radius 1 is 1.06 bits per heavy atom. The molecule has 0 bridgehead atoms. The van der Waals surface area contributed by atoms with Gasteiger partial charge in [-0.2, -0.15) is 0 Å². The molecule has 0 aliphatic carbocycles. The minimum absolute atomic E-state index is 0.0305. The SMILES string of the molecule is C#CCc1ccc(C)c(C(=O)C(=C)C[C@H](C)c2c(CCCCCC)ccc3ccccc23)c1. The highest BCUT2D eigenvalue weighted by Crippen LogP contribution is 2.34. The highest BCUT2D eigenvalue weighted by molar-refractivity contribution is 6.09. The highest BCUT2D eigenvalue weighted by atomic mass is 16.1. The summed E-state index contributed by atoms with van der Waals surface area (Å²) in [5, 5.41) is 2.55. The molecule has 0 unspecified atom stereocenters. The number of hydrogen-bond acceptors (Lipinski definition) is 1. The van der Waals surface area contributed by atoms with E-state index >= 15 is 0 Å². The molecule has 1 nitrogen and oxygen atoms in total. The maximum absolute atomic E-state index is 13.3. The van der Waals surface area contributed by atoms with E-state index < -0.39 is 0 Å². The van der Waals surface area contributed by atoms with Gasteiger partial charge in [0.15, 0.2) is 5.78 Å². The first-order chi connectivity index (χ1) is 16.0. The molecule has 0 aliphatic heterocycles. The van der Waals surface area contributed by atoms with Crippen LogP contribution < -0.4 is 0 Å². The third-order valence-electron chi connectivity index (χ3n) is 6.58. The molecule has 0 fully saturated rings. The average Bonchev–Trinajstić information content (AvgIpc) is 2.82. The zero-order valence-corrected chi connectivity index (χ0v) is 20.4. The topological polar surface area (TPSA) is 17.1 Å². The Labute approximate surface area is 199 Å². The molecule has 33 heavy (non-hydrogen) atoms. The summed E-state index contributed by atoms with van der Waals surface area (Å²) in [5.41, 5.74) is 6.12. The number of benzene rings is 3. The maximum Gasteiger partial charge on any atom is 0.188 e. The van der Waals surface area contributed by atoms with Crippen LogP contribution in [0.5, 0.6) is 0 Å². The van der Waals surface area contributed by atoms with Crippen LogP contribution in [0.25, 0.3) is 10.8 Å². The standard InChI is InChI=1S/C32H36O/c1-6-8-9-10-15-28-20-19-27-14-11-12-16-29(27)31(28)24(4)21-25(5)32(33)30-22-26(13-7-2)18-17-23(30)3/h2,11-12,14,16-20,22,24H,5-6,8-10,13,15,21H2,1,3-4H3/t24-/m0/s1. The van der Waals surface area contributed by atoms with Crippen molar-refractivity contribution in [1.29, 1.82) is 0 Å². The van der Waals surface area contributed by atoms with Crippen molar-refractivity contribution in [2.24, 2.45) is 0 Å². The third kappa shape index (κ3) is 6.02. The van der Waals surface area contributed by atoms with Gasteiger partial charge in [0.05, 0.1) is 0 Å². The van der Waals surface area contributed by atoms with Gasteiger partial charge in [-0.15, -0.1) is 12.3 Å². The van der Waals surface area contributed by atoms with Gasteiger partial charge in [0.1, 0.15) is 0 Å². The van der Waals surface area contributed by atoms with E-state index in [1.54, 1.807) is 0 Å². The lowest BCUT2D eigenvalue weighted by Crippen LogP contribution is -2.10. The van der Waals surface area contributed by atoms with E-state index in [2.05, 4.69) is 62.7 Å². The van der Waals surface area contributed by atoms with E-state index in [-0.39, 0.29) is 11.7 Å². The minimum atomic E-state index is 0.0305. The number of aryl methyl sites for hydroxylation is 2. The summed E-state index contributed by atoms with van der Waals surface area (Å²) in [5.74, 6) is 2.91. The molecule has 1 atom stereocenters. The fourth-order valence-corrected chi connectivity index (χ4v) is 4.78. The predicted molar refractivity (Wildman–Crippen MR) is 142 cm³/mol. The van der Waals surface area contributed by atoms with Crippen LogP contribution in [0.1, 0.15) is 84.5 Å². The molecule has 3 aromatic carbocycles. The molecule has 0 N–H and O–H groups in total. The zero-order chi connectivity index (χ0) is 23.8. The largest absolute Gasteiger partial charge is 0.289 e. The molecule has 0 saturated carbocycles. The number of carbonyl (C=O) groups is 1. The molecule has 0 spiro atoms. The van der Waals surface area contributed by atoms with Crippen LogP contribution in [-0.4, -0.2) is 5.78 Å². The molecule has 0 amide bonds. The lowest BCUT2D eigenvalue weighted by atomic mass is 9.83. The van der Waals surface area contributed by atoms with E-state index in [0.717, 1.165) is 23.1 Å². The fraction of sp³-hybridized carbons (Fsp3) is 0.344. The highest BCUT2D eigenvalue weighted by Gasteiger charge is 2.20. The van der Waals surface area contributed by atoms with Gasteiger partial charge in [0.2, 0.25) is 0 Å². The van der Waals surface area contributed by atoms with Gasteiger partial charge in [-0.25, -0.2) is 0 Å². The van der Waals surface area contributed by atoms with Gasteiger partial charge in [-0.1, -0.05) is 88.2 Å². The second kappa shape index (κ2) is 11.7. The number of Topliss-reactive ketones (excluding diaryl/α,β-unsaturated/α-hetero) is 1. The summed E-state index contributed by atoms with van der Waals surface area (Å²) >= 11 is 0. The number of fused-ring (bicyclic) bond motifs is 1. The van der Waals surface area contributed by atoms with Crippen molar-refractivity contribution in [3.05, 3.63) is 94.6 Å². The molecule has 3 aromatic rings. The monoisotopic (exact) mass is 436 g/mol. The second-order valence-corrected chi connectivity index (χ2v) is 9.24. The smallest absolute Gasteiger partial charge is 0.188 e. The molecular weight excluding hydrogens is 400 g/mol. The van der Waals surface area contributed by atoms with Crippen LogP contribution in [0.4, 0.5) is 0 Å². The normalized spacial score (nSPS) is 11.8. The van der Waals surface area contributed by atoms with Gasteiger partial charge < -0.3 is 0 Å². The summed E-state index contributed by atoms with van der Waals surface area (Å²) < 4.78 is 0. The van der Waals surface area contributed by atoms with Gasteiger partial charge in [-0.05, 0) is 76.8 Å². The summed E-state index contributed by atoms with van der Waals surface area (Å²) in [6.07, 6.45) is 12.7. The van der Waals surface area contributed by atoms with Crippen molar-refractivity contribution in [2.45, 2.75) is 71.6 Å². The van der Waals surface area contributed by atoms with Gasteiger partial charge in [-0.3, -0.25) is 4.79 Å². The third-order valence-corrected chi connectivity index (χ3v) is 6.58. The molecule has 0 saturated heterocycles. The molecule has 0 radical (unpaired) electrons. The van der Waals surface area contributed by atoms with Crippen LogP contribution in [0.3, 0.4) is 0 Å². The van der Waals surface area contributed by atoms with Gasteiger partial charge in [0, 0.05) is 12.0 Å². The van der Waals surface area contributed by atoms with E-state index in [1.807, 2.05) is 25.1 Å². The van der Waals surface area contributed by atoms with Crippen molar-refractivity contribution in [2.75, 3.05) is 0 Å². The summed E-state index contributed by atoms with van der Waals surface area (Å²) in [6, 6.07) is 19.0. The van der Waals surface area contributed by atoms with Crippen LogP contribution in [0, 0.1) is 19.3 Å². The Balaban J connectivity index is 1.87. The van der Waals surface area contributed by atoms with Crippen LogP contribution in [-0.2, 0) is 12.8 Å². The van der Waals surface area contributed by atoms with Crippen LogP contribution >= 0.6 is 0 Å². The zero-order valence-electron chi connectivity index (χ0n) is 20.4. The summed E-state index contributed by atoms with van der Waals surface area (Å²) in [4.78, 5) is 13.3. The van der Waals surface area contributed by atoms with Crippen LogP contribution in [0.2, 0.25) is 0 Å². The second-order valence-electron chi connectivity index (χ2n) is 9.24. The number of carbonyl (C=O) groups excluding carboxylic acids is 1. The Hall–Kier alpha value is -3.11. The molecule has 1 heteroatoms. The predicted octanol–water partition coefficient (Wildman–Crippen LogP) is 8.38. The number of terminal acetylenes is 1. The maximum atomic E-state index is 13.3. The first-order valence-electron chi connectivity index (χ1n) is 12.2. The first-order valence-corrected chi connectivity index (χ1v) is 12.2. The minimum Gasteiger partial charge on any atom is -0.289 e. The number of hydrogen-bond donors (Lipinski definition) is 0. The Morgan fingerprint density at radius 2 is 1.85 bits per heavy atom. The van der Waals surface area contributed by atoms with Crippen molar-refractivity contribution >= 4 is 16.6 Å². The van der Waals surface area contributed by atoms with E-state index in [9.17, 15) is 4.79 Å². The molecule has 0 aromatic heterocycles. The number of rotatable bonds is 11. The van der Waals surface area contributed by atoms with Gasteiger partial charge >= 0.3 is 0 Å². The first kappa shape index (κ1) is 24.5. The quantitative estimate of drug-likeness (QED) is 0.128. The molecule has 3 rings (SSSR count). The summed E-state index contributed by atoms with van der Waals surface area (Å²) in [6.45, 7) is 10.7. The lowest BCUT2D eigenvalue weighted by molar-refractivity contribution is 0.102. The van der Waals surface area contributed by atoms with Gasteiger partial charge in [0.25, 0.3) is 0 Å². The lowest BCUT2D eigenvalue weighted by Gasteiger charge is -2.21. The number of unbranched alkanes of at least 4 members (excludes halogenated alkanes) is 3. The van der Waals surface area contributed by atoms with Crippen LogP contribution in [0.15, 0.2) is 66.7 Å². The van der Waals surface area contributed by atoms with E-state index in [4.69, 9.17) is 6.42 Å². The van der Waals surface area contributed by atoms with Crippen molar-refractivity contribution < 1.29 is 4.79 Å². The summed E-state index contributed by atoms with van der Waals surface area (Å²) in [7, 11) is 0. The van der Waals surface area contributed by atoms with E-state index in [0.29, 0.717) is 18.4 Å². The molecule has 0 aliphatic rings. The number of allylic oxidation sites excluding steroid dienone is 1. The van der Waals surface area contributed by atoms with Crippen molar-refractivity contribution in [3.63, 3.8) is 0 Å².